The molecule has 0 N–H and O–H groups in total. The normalized spacial score (nSPS) is 19.1. The number of rotatable bonds is 4. The molecular formula is C30H32N6O. The number of hydrogen-bond acceptors (Lipinski definition) is 6. The van der Waals surface area contributed by atoms with Crippen LogP contribution in [-0.4, -0.2) is 44.6 Å². The second-order valence-electron chi connectivity index (χ2n) is 10.2. The molecule has 37 heavy (non-hydrogen) atoms. The maximum absolute atomic E-state index is 12.9. The van der Waals surface area contributed by atoms with E-state index in [-0.39, 0.29) is 23.7 Å². The summed E-state index contributed by atoms with van der Waals surface area (Å²) in [5, 5.41) is 9.46. The Morgan fingerprint density at radius 3 is 2.43 bits per heavy atom. The first-order valence-corrected chi connectivity index (χ1v) is 12.7. The summed E-state index contributed by atoms with van der Waals surface area (Å²) in [6.07, 6.45) is 0. The lowest BCUT2D eigenvalue weighted by atomic mass is 9.95. The highest BCUT2D eigenvalue weighted by atomic mass is 16.1. The van der Waals surface area contributed by atoms with Gasteiger partial charge < -0.3 is 9.47 Å². The predicted molar refractivity (Wildman–Crippen MR) is 147 cm³/mol. The maximum atomic E-state index is 12.9. The molecule has 0 amide bonds. The van der Waals surface area contributed by atoms with Crippen molar-refractivity contribution in [2.45, 2.75) is 45.8 Å². The van der Waals surface area contributed by atoms with Crippen molar-refractivity contribution < 1.29 is 0 Å². The molecule has 1 fully saturated rings. The van der Waals surface area contributed by atoms with Crippen LogP contribution >= 0.6 is 0 Å². The molecule has 0 spiro atoms. The van der Waals surface area contributed by atoms with Gasteiger partial charge in [-0.15, -0.1) is 0 Å². The number of aryl methyl sites for hydroxylation is 3. The van der Waals surface area contributed by atoms with Crippen molar-refractivity contribution >= 4 is 16.7 Å². The van der Waals surface area contributed by atoms with Crippen LogP contribution in [0.4, 0.5) is 5.69 Å². The summed E-state index contributed by atoms with van der Waals surface area (Å²) in [4.78, 5) is 27.2. The SMILES string of the molecule is Cc1ccc(C(c2cccc(C)n2)N2C[C@H](C)N(c3cc(=O)n(C)c4ccc(C#N)nc34)CC2C)cc1. The van der Waals surface area contributed by atoms with Crippen molar-refractivity contribution in [2.24, 2.45) is 7.05 Å². The lowest BCUT2D eigenvalue weighted by Gasteiger charge is -2.48. The minimum atomic E-state index is -0.0854. The molecule has 7 nitrogen and oxygen atoms in total. The average Bonchev–Trinajstić information content (AvgIpc) is 2.89. The third kappa shape index (κ3) is 4.61. The van der Waals surface area contributed by atoms with Gasteiger partial charge in [0.05, 0.1) is 22.9 Å². The Morgan fingerprint density at radius 2 is 1.73 bits per heavy atom. The van der Waals surface area contributed by atoms with Gasteiger partial charge in [0.1, 0.15) is 17.3 Å². The van der Waals surface area contributed by atoms with Crippen LogP contribution < -0.4 is 10.5 Å². The van der Waals surface area contributed by atoms with Gasteiger partial charge in [0.2, 0.25) is 0 Å². The number of hydrogen-bond donors (Lipinski definition) is 0. The van der Waals surface area contributed by atoms with Crippen LogP contribution in [-0.2, 0) is 7.05 Å². The van der Waals surface area contributed by atoms with E-state index in [9.17, 15) is 10.1 Å². The Labute approximate surface area is 217 Å². The topological polar surface area (TPSA) is 78.0 Å². The molecule has 4 aromatic rings. The van der Waals surface area contributed by atoms with E-state index in [1.165, 1.54) is 11.1 Å². The average molecular weight is 493 g/mol. The van der Waals surface area contributed by atoms with Gasteiger partial charge in [0.25, 0.3) is 5.56 Å². The number of fused-ring (bicyclic) bond motifs is 1. The van der Waals surface area contributed by atoms with E-state index in [1.807, 2.05) is 19.1 Å². The Balaban J connectivity index is 1.56. The van der Waals surface area contributed by atoms with Crippen LogP contribution in [0, 0.1) is 25.2 Å². The third-order valence-electron chi connectivity index (χ3n) is 7.44. The van der Waals surface area contributed by atoms with Crippen molar-refractivity contribution in [2.75, 3.05) is 18.0 Å². The monoisotopic (exact) mass is 492 g/mol. The van der Waals surface area contributed by atoms with Gasteiger partial charge in [-0.2, -0.15) is 5.26 Å². The highest BCUT2D eigenvalue weighted by molar-refractivity contribution is 5.89. The Bertz CT molecular complexity index is 1550. The fourth-order valence-corrected chi connectivity index (χ4v) is 5.44. The number of benzene rings is 1. The molecule has 5 rings (SSSR count). The van der Waals surface area contributed by atoms with Crippen molar-refractivity contribution in [3.8, 4) is 6.07 Å². The van der Waals surface area contributed by atoms with E-state index >= 15 is 0 Å². The van der Waals surface area contributed by atoms with Gasteiger partial charge >= 0.3 is 0 Å². The quantitative estimate of drug-likeness (QED) is 0.417. The Hall–Kier alpha value is -4.02. The van der Waals surface area contributed by atoms with E-state index in [2.05, 4.69) is 78.0 Å². The molecule has 2 unspecified atom stereocenters. The third-order valence-corrected chi connectivity index (χ3v) is 7.44. The first-order chi connectivity index (χ1) is 17.8. The molecule has 4 heterocycles. The fraction of sp³-hybridized carbons (Fsp3) is 0.333. The minimum Gasteiger partial charge on any atom is -0.364 e. The van der Waals surface area contributed by atoms with Crippen molar-refractivity contribution in [1.29, 1.82) is 5.26 Å². The summed E-state index contributed by atoms with van der Waals surface area (Å²) >= 11 is 0. The Kier molecular flexibility index (Phi) is 6.53. The maximum Gasteiger partial charge on any atom is 0.252 e. The highest BCUT2D eigenvalue weighted by Gasteiger charge is 2.36. The van der Waals surface area contributed by atoms with Gasteiger partial charge in [-0.1, -0.05) is 35.9 Å². The van der Waals surface area contributed by atoms with Crippen molar-refractivity contribution in [3.05, 3.63) is 99.2 Å². The van der Waals surface area contributed by atoms with Gasteiger partial charge in [-0.3, -0.25) is 14.7 Å². The molecule has 0 aliphatic carbocycles. The van der Waals surface area contributed by atoms with Gasteiger partial charge in [-0.25, -0.2) is 4.98 Å². The molecule has 0 radical (unpaired) electrons. The standard InChI is InChI=1S/C30H32N6O/c1-19-9-11-23(12-10-19)30(25-8-6-7-20(2)32-25)36-18-21(3)35(17-22(36)4)27-15-28(37)34(5)26-14-13-24(16-31)33-29(26)27/h6-15,21-22,30H,17-18H2,1-5H3/t21-,22?,30?/m0/s1. The first-order valence-electron chi connectivity index (χ1n) is 12.7. The highest BCUT2D eigenvalue weighted by Crippen LogP contribution is 2.35. The number of pyridine rings is 3. The molecule has 0 saturated carbocycles. The van der Waals surface area contributed by atoms with E-state index in [4.69, 9.17) is 4.98 Å². The van der Waals surface area contributed by atoms with Crippen LogP contribution in [0.15, 0.2) is 65.5 Å². The predicted octanol–water partition coefficient (Wildman–Crippen LogP) is 4.51. The van der Waals surface area contributed by atoms with E-state index < -0.39 is 0 Å². The zero-order chi connectivity index (χ0) is 26.3. The summed E-state index contributed by atoms with van der Waals surface area (Å²) in [5.74, 6) is 0. The minimum absolute atomic E-state index is 0.0174. The van der Waals surface area contributed by atoms with Crippen LogP contribution in [0.1, 0.15) is 48.1 Å². The molecule has 3 atom stereocenters. The molecule has 1 aliphatic heterocycles. The molecule has 1 aliphatic rings. The van der Waals surface area contributed by atoms with Gasteiger partial charge in [0.15, 0.2) is 0 Å². The summed E-state index contributed by atoms with van der Waals surface area (Å²) in [6.45, 7) is 10.1. The zero-order valence-corrected chi connectivity index (χ0v) is 22.0. The van der Waals surface area contributed by atoms with Crippen LogP contribution in [0.5, 0.6) is 0 Å². The fourth-order valence-electron chi connectivity index (χ4n) is 5.44. The van der Waals surface area contributed by atoms with Gasteiger partial charge in [0, 0.05) is 44.0 Å². The summed E-state index contributed by atoms with van der Waals surface area (Å²) in [5.41, 5.74) is 6.94. The molecule has 1 saturated heterocycles. The molecule has 3 aromatic heterocycles. The largest absolute Gasteiger partial charge is 0.364 e. The zero-order valence-electron chi connectivity index (χ0n) is 22.0. The van der Waals surface area contributed by atoms with Gasteiger partial charge in [-0.05, 0) is 57.5 Å². The number of nitriles is 1. The van der Waals surface area contributed by atoms with Crippen LogP contribution in [0.2, 0.25) is 0 Å². The molecule has 0 bridgehead atoms. The van der Waals surface area contributed by atoms with E-state index in [0.29, 0.717) is 11.2 Å². The lowest BCUT2D eigenvalue weighted by Crippen LogP contribution is -2.57. The van der Waals surface area contributed by atoms with E-state index in [0.717, 1.165) is 35.7 Å². The number of piperazine rings is 1. The second kappa shape index (κ2) is 9.79. The van der Waals surface area contributed by atoms with Crippen molar-refractivity contribution in [1.82, 2.24) is 19.4 Å². The summed E-state index contributed by atoms with van der Waals surface area (Å²) in [6, 6.07) is 22.5. The Morgan fingerprint density at radius 1 is 0.973 bits per heavy atom. The van der Waals surface area contributed by atoms with Crippen molar-refractivity contribution in [3.63, 3.8) is 0 Å². The van der Waals surface area contributed by atoms with Crippen LogP contribution in [0.3, 0.4) is 0 Å². The molecular weight excluding hydrogens is 460 g/mol. The summed E-state index contributed by atoms with van der Waals surface area (Å²) in [7, 11) is 1.74. The lowest BCUT2D eigenvalue weighted by molar-refractivity contribution is 0.128. The second-order valence-corrected chi connectivity index (χ2v) is 10.2. The molecule has 188 valence electrons. The first kappa shape index (κ1) is 24.7. The molecule has 1 aromatic carbocycles. The number of anilines is 1. The number of nitrogens with zero attached hydrogens (tertiary/aromatic N) is 6. The number of aromatic nitrogens is 3. The van der Waals surface area contributed by atoms with E-state index in [1.54, 1.807) is 23.7 Å². The summed E-state index contributed by atoms with van der Waals surface area (Å²) < 4.78 is 1.59. The smallest absolute Gasteiger partial charge is 0.252 e. The van der Waals surface area contributed by atoms with Crippen LogP contribution in [0.25, 0.3) is 11.0 Å². The molecule has 7 heteroatoms.